The summed E-state index contributed by atoms with van der Waals surface area (Å²) in [6.45, 7) is 4.09. The van der Waals surface area contributed by atoms with Gasteiger partial charge >= 0.3 is 0 Å². The molecule has 0 unspecified atom stereocenters. The zero-order valence-electron chi connectivity index (χ0n) is 12.3. The minimum Gasteiger partial charge on any atom is -0.491 e. The molecule has 2 heterocycles. The smallest absolute Gasteiger partial charge is 0.274 e. The van der Waals surface area contributed by atoms with Crippen molar-refractivity contribution in [2.75, 3.05) is 26.4 Å². The van der Waals surface area contributed by atoms with Crippen molar-refractivity contribution in [2.24, 2.45) is 5.41 Å². The Morgan fingerprint density at radius 2 is 2.14 bits per heavy atom. The van der Waals surface area contributed by atoms with Crippen LogP contribution in [-0.2, 0) is 16.1 Å². The molecule has 0 aromatic heterocycles. The SMILES string of the molecule is CC1(C(=O)N2CCOc3cc(C(=O)NO)ccc3C2)COC1. The van der Waals surface area contributed by atoms with Crippen LogP contribution in [0.3, 0.4) is 0 Å². The molecule has 22 heavy (non-hydrogen) atoms. The third-order valence-electron chi connectivity index (χ3n) is 4.06. The average Bonchev–Trinajstić information content (AvgIpc) is 2.72. The van der Waals surface area contributed by atoms with Gasteiger partial charge < -0.3 is 14.4 Å². The average molecular weight is 306 g/mol. The van der Waals surface area contributed by atoms with Crippen molar-refractivity contribution < 1.29 is 24.3 Å². The standard InChI is InChI=1S/C15H18N2O5/c1-15(8-21-9-15)14(19)17-4-5-22-12-6-10(13(18)16-20)2-3-11(12)7-17/h2-3,6,20H,4-5,7-9H2,1H3,(H,16,18). The first-order valence-corrected chi connectivity index (χ1v) is 7.11. The fourth-order valence-corrected chi connectivity index (χ4v) is 2.66. The first kappa shape index (κ1) is 14.8. The molecule has 2 N–H and O–H groups in total. The second kappa shape index (κ2) is 5.58. The molecule has 2 amide bonds. The minimum absolute atomic E-state index is 0.0624. The number of carbonyl (C=O) groups excluding carboxylic acids is 2. The van der Waals surface area contributed by atoms with Gasteiger partial charge in [-0.15, -0.1) is 0 Å². The van der Waals surface area contributed by atoms with Crippen molar-refractivity contribution in [3.8, 4) is 5.75 Å². The van der Waals surface area contributed by atoms with Crippen molar-refractivity contribution in [3.63, 3.8) is 0 Å². The van der Waals surface area contributed by atoms with E-state index in [1.165, 1.54) is 0 Å². The lowest BCUT2D eigenvalue weighted by Gasteiger charge is -2.39. The molecule has 2 aliphatic heterocycles. The van der Waals surface area contributed by atoms with Crippen LogP contribution in [0, 0.1) is 5.41 Å². The molecule has 0 aliphatic carbocycles. The molecular formula is C15H18N2O5. The van der Waals surface area contributed by atoms with Crippen LogP contribution in [0.5, 0.6) is 5.75 Å². The summed E-state index contributed by atoms with van der Waals surface area (Å²) in [6.07, 6.45) is 0. The zero-order valence-corrected chi connectivity index (χ0v) is 12.3. The lowest BCUT2D eigenvalue weighted by molar-refractivity contribution is -0.169. The summed E-state index contributed by atoms with van der Waals surface area (Å²) in [5, 5.41) is 8.68. The van der Waals surface area contributed by atoms with E-state index >= 15 is 0 Å². The summed E-state index contributed by atoms with van der Waals surface area (Å²) in [4.78, 5) is 25.8. The maximum absolute atomic E-state index is 12.6. The maximum atomic E-state index is 12.6. The molecule has 0 atom stereocenters. The summed E-state index contributed by atoms with van der Waals surface area (Å²) in [5.74, 6) is 0.0292. The highest BCUT2D eigenvalue weighted by molar-refractivity contribution is 5.93. The van der Waals surface area contributed by atoms with Crippen LogP contribution in [0.1, 0.15) is 22.8 Å². The Bertz CT molecular complexity index is 612. The van der Waals surface area contributed by atoms with E-state index in [-0.39, 0.29) is 5.91 Å². The largest absolute Gasteiger partial charge is 0.491 e. The molecule has 0 saturated carbocycles. The molecule has 7 heteroatoms. The topological polar surface area (TPSA) is 88.1 Å². The fourth-order valence-electron chi connectivity index (χ4n) is 2.66. The van der Waals surface area contributed by atoms with E-state index in [0.717, 1.165) is 5.56 Å². The number of rotatable bonds is 2. The Labute approximate surface area is 127 Å². The van der Waals surface area contributed by atoms with E-state index in [0.29, 0.717) is 44.2 Å². The Kier molecular flexibility index (Phi) is 3.76. The number of nitrogens with one attached hydrogen (secondary N) is 1. The Morgan fingerprint density at radius 3 is 2.77 bits per heavy atom. The van der Waals surface area contributed by atoms with Crippen LogP contribution in [0.15, 0.2) is 18.2 Å². The quantitative estimate of drug-likeness (QED) is 0.616. The van der Waals surface area contributed by atoms with Crippen molar-refractivity contribution in [1.82, 2.24) is 10.4 Å². The van der Waals surface area contributed by atoms with Crippen LogP contribution in [-0.4, -0.2) is 48.3 Å². The van der Waals surface area contributed by atoms with Gasteiger partial charge in [-0.05, 0) is 19.1 Å². The Balaban J connectivity index is 1.81. The molecule has 0 radical (unpaired) electrons. The maximum Gasteiger partial charge on any atom is 0.274 e. The number of benzene rings is 1. The van der Waals surface area contributed by atoms with E-state index in [9.17, 15) is 9.59 Å². The van der Waals surface area contributed by atoms with Gasteiger partial charge in [0.25, 0.3) is 5.91 Å². The number of carbonyl (C=O) groups is 2. The van der Waals surface area contributed by atoms with Crippen molar-refractivity contribution in [3.05, 3.63) is 29.3 Å². The molecule has 2 aliphatic rings. The van der Waals surface area contributed by atoms with Gasteiger partial charge in [-0.3, -0.25) is 14.8 Å². The van der Waals surface area contributed by atoms with Crippen molar-refractivity contribution >= 4 is 11.8 Å². The third-order valence-corrected chi connectivity index (χ3v) is 4.06. The summed E-state index contributed by atoms with van der Waals surface area (Å²) in [6, 6.07) is 4.91. The molecule has 1 aromatic carbocycles. The predicted molar refractivity (Wildman–Crippen MR) is 75.5 cm³/mol. The molecule has 7 nitrogen and oxygen atoms in total. The van der Waals surface area contributed by atoms with Gasteiger partial charge in [-0.2, -0.15) is 0 Å². The van der Waals surface area contributed by atoms with Gasteiger partial charge in [0.1, 0.15) is 12.4 Å². The van der Waals surface area contributed by atoms with Crippen LogP contribution in [0.25, 0.3) is 0 Å². The van der Waals surface area contributed by atoms with Crippen molar-refractivity contribution in [1.29, 1.82) is 0 Å². The zero-order chi connectivity index (χ0) is 15.7. The first-order valence-electron chi connectivity index (χ1n) is 7.11. The summed E-state index contributed by atoms with van der Waals surface area (Å²) < 4.78 is 10.8. The molecule has 1 fully saturated rings. The first-order chi connectivity index (χ1) is 10.5. The van der Waals surface area contributed by atoms with Gasteiger partial charge in [-0.25, -0.2) is 5.48 Å². The third kappa shape index (κ3) is 2.53. The second-order valence-corrected chi connectivity index (χ2v) is 5.89. The Hall–Kier alpha value is -2.12. The van der Waals surface area contributed by atoms with Gasteiger partial charge in [0.05, 0.1) is 25.2 Å². The highest BCUT2D eigenvalue weighted by Crippen LogP contribution is 2.32. The van der Waals surface area contributed by atoms with Crippen LogP contribution in [0.2, 0.25) is 0 Å². The molecule has 0 bridgehead atoms. The summed E-state index contributed by atoms with van der Waals surface area (Å²) >= 11 is 0. The fraction of sp³-hybridized carbons (Fsp3) is 0.467. The number of hydroxylamine groups is 1. The number of hydrogen-bond donors (Lipinski definition) is 2. The molecular weight excluding hydrogens is 288 g/mol. The lowest BCUT2D eigenvalue weighted by atomic mass is 9.87. The molecule has 0 spiro atoms. The second-order valence-electron chi connectivity index (χ2n) is 5.89. The molecule has 1 saturated heterocycles. The number of hydrogen-bond acceptors (Lipinski definition) is 5. The van der Waals surface area contributed by atoms with Gasteiger partial charge in [0, 0.05) is 17.7 Å². The van der Waals surface area contributed by atoms with Gasteiger partial charge in [-0.1, -0.05) is 6.07 Å². The van der Waals surface area contributed by atoms with Crippen molar-refractivity contribution in [2.45, 2.75) is 13.5 Å². The van der Waals surface area contributed by atoms with Crippen LogP contribution >= 0.6 is 0 Å². The van der Waals surface area contributed by atoms with Gasteiger partial charge in [0.15, 0.2) is 0 Å². The normalized spacial score (nSPS) is 19.3. The molecule has 3 rings (SSSR count). The molecule has 1 aromatic rings. The molecule has 118 valence electrons. The number of ether oxygens (including phenoxy) is 2. The van der Waals surface area contributed by atoms with Crippen LogP contribution < -0.4 is 10.2 Å². The van der Waals surface area contributed by atoms with E-state index in [4.69, 9.17) is 14.7 Å². The Morgan fingerprint density at radius 1 is 1.36 bits per heavy atom. The van der Waals surface area contributed by atoms with E-state index in [1.807, 2.05) is 6.92 Å². The number of nitrogens with zero attached hydrogens (tertiary/aromatic N) is 1. The summed E-state index contributed by atoms with van der Waals surface area (Å²) in [5.41, 5.74) is 2.29. The van der Waals surface area contributed by atoms with Gasteiger partial charge in [0.2, 0.25) is 5.91 Å². The number of fused-ring (bicyclic) bond motifs is 1. The van der Waals surface area contributed by atoms with E-state index in [2.05, 4.69) is 0 Å². The number of amides is 2. The highest BCUT2D eigenvalue weighted by atomic mass is 16.5. The lowest BCUT2D eigenvalue weighted by Crippen LogP contribution is -2.53. The van der Waals surface area contributed by atoms with E-state index < -0.39 is 11.3 Å². The van der Waals surface area contributed by atoms with Crippen LogP contribution in [0.4, 0.5) is 0 Å². The predicted octanol–water partition coefficient (Wildman–Crippen LogP) is 0.563. The minimum atomic E-state index is -0.595. The van der Waals surface area contributed by atoms with E-state index in [1.54, 1.807) is 28.6 Å². The summed E-state index contributed by atoms with van der Waals surface area (Å²) in [7, 11) is 0. The highest BCUT2D eigenvalue weighted by Gasteiger charge is 2.43. The monoisotopic (exact) mass is 306 g/mol.